The van der Waals surface area contributed by atoms with E-state index >= 15 is 0 Å². The number of amides is 1. The van der Waals surface area contributed by atoms with Gasteiger partial charge in [-0.15, -0.1) is 0 Å². The lowest BCUT2D eigenvalue weighted by Crippen LogP contribution is -2.32. The van der Waals surface area contributed by atoms with Crippen molar-refractivity contribution in [2.24, 2.45) is 4.99 Å². The Balaban J connectivity index is 1.81. The van der Waals surface area contributed by atoms with E-state index in [-0.39, 0.29) is 11.7 Å². The van der Waals surface area contributed by atoms with Gasteiger partial charge in [0.2, 0.25) is 0 Å². The monoisotopic (exact) mass is 434 g/mol. The van der Waals surface area contributed by atoms with Crippen LogP contribution in [0, 0.1) is 12.7 Å². The lowest BCUT2D eigenvalue weighted by molar-refractivity contribution is -0.113. The molecule has 0 saturated carbocycles. The molecular weight excluding hydrogens is 419 g/mol. The number of rotatable bonds is 3. The Labute approximate surface area is 171 Å². The number of hydrogen-bond donors (Lipinski definition) is 0. The second-order valence-electron chi connectivity index (χ2n) is 6.50. The second kappa shape index (κ2) is 7.52. The van der Waals surface area contributed by atoms with Crippen molar-refractivity contribution >= 4 is 39.4 Å². The highest BCUT2D eigenvalue weighted by Crippen LogP contribution is 2.29. The number of hydrogen-bond acceptors (Lipinski definition) is 2. The normalized spacial score (nSPS) is 15.2. The number of aliphatic imine (C=N–C) groups is 1. The van der Waals surface area contributed by atoms with E-state index in [1.54, 1.807) is 23.1 Å². The largest absolute Gasteiger partial charge is 0.282 e. The lowest BCUT2D eigenvalue weighted by Gasteiger charge is -2.18. The van der Waals surface area contributed by atoms with Crippen molar-refractivity contribution in [3.8, 4) is 0 Å². The van der Waals surface area contributed by atoms with Crippen LogP contribution in [0.2, 0.25) is 0 Å². The van der Waals surface area contributed by atoms with E-state index in [9.17, 15) is 9.18 Å². The molecule has 1 amide bonds. The van der Waals surface area contributed by atoms with Gasteiger partial charge in [-0.05, 0) is 55.0 Å². The molecule has 0 atom stereocenters. The molecule has 0 unspecified atom stereocenters. The van der Waals surface area contributed by atoms with E-state index in [2.05, 4.69) is 20.9 Å². The van der Waals surface area contributed by atoms with E-state index < -0.39 is 0 Å². The zero-order valence-corrected chi connectivity index (χ0v) is 16.7. The van der Waals surface area contributed by atoms with Crippen LogP contribution in [0.3, 0.4) is 0 Å². The lowest BCUT2D eigenvalue weighted by atomic mass is 10.1. The van der Waals surface area contributed by atoms with E-state index in [4.69, 9.17) is 0 Å². The molecule has 0 aliphatic carbocycles. The molecule has 3 aromatic carbocycles. The van der Waals surface area contributed by atoms with Gasteiger partial charge in [0.15, 0.2) is 0 Å². The molecule has 1 aliphatic rings. The highest BCUT2D eigenvalue weighted by molar-refractivity contribution is 9.10. The zero-order valence-electron chi connectivity index (χ0n) is 15.1. The standard InChI is InChI=1S/C23H16BrFN2O/c1-15-2-6-17(7-3-15)22-26-21(14-16-4-10-19(25)11-5-16)23(28)27(22)20-12-8-18(24)9-13-20/h2-14H,1H3/b21-14+. The molecule has 4 rings (SSSR count). The van der Waals surface area contributed by atoms with Crippen LogP contribution in [0.15, 0.2) is 88.0 Å². The van der Waals surface area contributed by atoms with Crippen molar-refractivity contribution in [3.05, 3.63) is 105 Å². The Bertz CT molecular complexity index is 1080. The maximum absolute atomic E-state index is 13.2. The molecule has 28 heavy (non-hydrogen) atoms. The topological polar surface area (TPSA) is 32.7 Å². The highest BCUT2D eigenvalue weighted by Gasteiger charge is 2.32. The summed E-state index contributed by atoms with van der Waals surface area (Å²) >= 11 is 3.42. The number of nitrogens with zero attached hydrogens (tertiary/aromatic N) is 2. The van der Waals surface area contributed by atoms with Gasteiger partial charge in [0.25, 0.3) is 5.91 Å². The predicted molar refractivity (Wildman–Crippen MR) is 114 cm³/mol. The van der Waals surface area contributed by atoms with E-state index in [0.29, 0.717) is 11.5 Å². The summed E-state index contributed by atoms with van der Waals surface area (Å²) in [5.41, 5.74) is 3.74. The first-order valence-electron chi connectivity index (χ1n) is 8.74. The van der Waals surface area contributed by atoms with Crippen molar-refractivity contribution in [1.82, 2.24) is 0 Å². The number of aryl methyl sites for hydroxylation is 1. The third-order valence-corrected chi connectivity index (χ3v) is 4.96. The Morgan fingerprint density at radius 3 is 2.21 bits per heavy atom. The first-order chi connectivity index (χ1) is 13.5. The third-order valence-electron chi connectivity index (χ3n) is 4.43. The van der Waals surface area contributed by atoms with Crippen LogP contribution >= 0.6 is 15.9 Å². The fraction of sp³-hybridized carbons (Fsp3) is 0.0435. The molecule has 0 aromatic heterocycles. The number of anilines is 1. The number of carbonyl (C=O) groups is 1. The van der Waals surface area contributed by atoms with Crippen molar-refractivity contribution < 1.29 is 9.18 Å². The van der Waals surface area contributed by atoms with Crippen LogP contribution < -0.4 is 4.90 Å². The number of halogens is 2. The average molecular weight is 435 g/mol. The minimum Gasteiger partial charge on any atom is -0.266 e. The smallest absolute Gasteiger partial charge is 0.266 e. The van der Waals surface area contributed by atoms with E-state index in [1.807, 2.05) is 55.5 Å². The summed E-state index contributed by atoms with van der Waals surface area (Å²) in [6.45, 7) is 2.01. The second-order valence-corrected chi connectivity index (χ2v) is 7.42. The first kappa shape index (κ1) is 18.3. The Kier molecular flexibility index (Phi) is 4.92. The predicted octanol–water partition coefficient (Wildman–Crippen LogP) is 5.73. The zero-order chi connectivity index (χ0) is 19.7. The van der Waals surface area contributed by atoms with Crippen LogP contribution in [0.25, 0.3) is 6.08 Å². The molecule has 1 heterocycles. The van der Waals surface area contributed by atoms with Crippen LogP contribution in [-0.2, 0) is 4.79 Å². The van der Waals surface area contributed by atoms with Crippen molar-refractivity contribution in [2.45, 2.75) is 6.92 Å². The van der Waals surface area contributed by atoms with Crippen molar-refractivity contribution in [2.75, 3.05) is 4.90 Å². The van der Waals surface area contributed by atoms with E-state index in [0.717, 1.165) is 26.9 Å². The fourth-order valence-electron chi connectivity index (χ4n) is 2.96. The SMILES string of the molecule is Cc1ccc(C2=N/C(=C/c3ccc(F)cc3)C(=O)N2c2ccc(Br)cc2)cc1. The molecule has 3 nitrogen and oxygen atoms in total. The van der Waals surface area contributed by atoms with Gasteiger partial charge in [-0.1, -0.05) is 57.9 Å². The van der Waals surface area contributed by atoms with E-state index in [1.165, 1.54) is 12.1 Å². The molecule has 5 heteroatoms. The molecule has 0 bridgehead atoms. The molecule has 0 fully saturated rings. The fourth-order valence-corrected chi connectivity index (χ4v) is 3.22. The molecule has 3 aromatic rings. The van der Waals surface area contributed by atoms with Crippen molar-refractivity contribution in [1.29, 1.82) is 0 Å². The molecular formula is C23H16BrFN2O. The highest BCUT2D eigenvalue weighted by atomic mass is 79.9. The van der Waals surface area contributed by atoms with Gasteiger partial charge in [-0.2, -0.15) is 0 Å². The Morgan fingerprint density at radius 2 is 1.57 bits per heavy atom. The molecule has 0 saturated heterocycles. The van der Waals surface area contributed by atoms with Gasteiger partial charge in [0, 0.05) is 10.0 Å². The van der Waals surface area contributed by atoms with Gasteiger partial charge >= 0.3 is 0 Å². The average Bonchev–Trinajstić information content (AvgIpc) is 3.01. The summed E-state index contributed by atoms with van der Waals surface area (Å²) in [7, 11) is 0. The van der Waals surface area contributed by atoms with Crippen LogP contribution in [0.5, 0.6) is 0 Å². The molecule has 0 radical (unpaired) electrons. The third kappa shape index (κ3) is 3.66. The van der Waals surface area contributed by atoms with Gasteiger partial charge in [0.05, 0.1) is 5.69 Å². The van der Waals surface area contributed by atoms with Crippen LogP contribution in [0.4, 0.5) is 10.1 Å². The van der Waals surface area contributed by atoms with Gasteiger partial charge in [-0.3, -0.25) is 9.69 Å². The number of carbonyl (C=O) groups excluding carboxylic acids is 1. The summed E-state index contributed by atoms with van der Waals surface area (Å²) in [6.07, 6.45) is 1.68. The summed E-state index contributed by atoms with van der Waals surface area (Å²) < 4.78 is 14.1. The molecule has 0 N–H and O–H groups in total. The van der Waals surface area contributed by atoms with Crippen molar-refractivity contribution in [3.63, 3.8) is 0 Å². The first-order valence-corrected chi connectivity index (χ1v) is 9.53. The maximum Gasteiger partial charge on any atom is 0.282 e. The summed E-state index contributed by atoms with van der Waals surface area (Å²) in [5.74, 6) is 0.0307. The number of amidine groups is 1. The summed E-state index contributed by atoms with van der Waals surface area (Å²) in [4.78, 5) is 19.4. The molecule has 0 spiro atoms. The summed E-state index contributed by atoms with van der Waals surface area (Å²) in [5, 5.41) is 0. The van der Waals surface area contributed by atoms with Crippen LogP contribution in [-0.4, -0.2) is 11.7 Å². The minimum absolute atomic E-state index is 0.220. The van der Waals surface area contributed by atoms with Gasteiger partial charge in [0.1, 0.15) is 17.3 Å². The van der Waals surface area contributed by atoms with Gasteiger partial charge in [-0.25, -0.2) is 9.38 Å². The maximum atomic E-state index is 13.2. The minimum atomic E-state index is -0.319. The van der Waals surface area contributed by atoms with Gasteiger partial charge < -0.3 is 0 Å². The van der Waals surface area contributed by atoms with Crippen LogP contribution in [0.1, 0.15) is 16.7 Å². The molecule has 138 valence electrons. The Morgan fingerprint density at radius 1 is 0.929 bits per heavy atom. The molecule has 1 aliphatic heterocycles. The summed E-state index contributed by atoms with van der Waals surface area (Å²) in [6, 6.07) is 21.4. The Hall–Kier alpha value is -3.05. The number of benzene rings is 3. The quantitative estimate of drug-likeness (QED) is 0.484.